The number of aromatic nitrogens is 1. The van der Waals surface area contributed by atoms with Crippen molar-refractivity contribution in [2.75, 3.05) is 0 Å². The smallest absolute Gasteiger partial charge is 0.0362 e. The second-order valence-corrected chi connectivity index (χ2v) is 4.72. The van der Waals surface area contributed by atoms with Crippen LogP contribution in [0.4, 0.5) is 0 Å². The SMILES string of the molecule is CCCn1cccc1CNCc1ccccc1C. The van der Waals surface area contributed by atoms with E-state index >= 15 is 0 Å². The molecule has 0 spiro atoms. The maximum absolute atomic E-state index is 3.52. The van der Waals surface area contributed by atoms with E-state index in [1.807, 2.05) is 0 Å². The third-order valence-electron chi connectivity index (χ3n) is 3.27. The second-order valence-electron chi connectivity index (χ2n) is 4.72. The van der Waals surface area contributed by atoms with E-state index < -0.39 is 0 Å². The highest BCUT2D eigenvalue weighted by Crippen LogP contribution is 2.08. The molecule has 1 aromatic heterocycles. The Balaban J connectivity index is 1.88. The van der Waals surface area contributed by atoms with Crippen molar-refractivity contribution in [3.63, 3.8) is 0 Å². The number of nitrogens with zero attached hydrogens (tertiary/aromatic N) is 1. The van der Waals surface area contributed by atoms with Crippen LogP contribution in [0.1, 0.15) is 30.2 Å². The standard InChI is InChI=1S/C16H22N2/c1-3-10-18-11-6-9-16(18)13-17-12-15-8-5-4-7-14(15)2/h4-9,11,17H,3,10,12-13H2,1-2H3. The Bertz CT molecular complexity index is 485. The molecule has 2 rings (SSSR count). The Hall–Kier alpha value is -1.54. The predicted molar refractivity (Wildman–Crippen MR) is 76.4 cm³/mol. The molecule has 0 radical (unpaired) electrons. The van der Waals surface area contributed by atoms with Gasteiger partial charge in [0.2, 0.25) is 0 Å². The van der Waals surface area contributed by atoms with E-state index in [4.69, 9.17) is 0 Å². The summed E-state index contributed by atoms with van der Waals surface area (Å²) in [6, 6.07) is 12.9. The Morgan fingerprint density at radius 2 is 1.89 bits per heavy atom. The summed E-state index contributed by atoms with van der Waals surface area (Å²) in [5.41, 5.74) is 4.10. The summed E-state index contributed by atoms with van der Waals surface area (Å²) >= 11 is 0. The number of hydrogen-bond acceptors (Lipinski definition) is 1. The average Bonchev–Trinajstić information content (AvgIpc) is 2.80. The van der Waals surface area contributed by atoms with Gasteiger partial charge >= 0.3 is 0 Å². The Kier molecular flexibility index (Phi) is 4.59. The van der Waals surface area contributed by atoms with Gasteiger partial charge in [0.15, 0.2) is 0 Å². The van der Waals surface area contributed by atoms with Gasteiger partial charge in [-0.1, -0.05) is 31.2 Å². The minimum atomic E-state index is 0.932. The highest BCUT2D eigenvalue weighted by molar-refractivity contribution is 5.25. The maximum Gasteiger partial charge on any atom is 0.0362 e. The lowest BCUT2D eigenvalue weighted by atomic mass is 10.1. The minimum Gasteiger partial charge on any atom is -0.350 e. The van der Waals surface area contributed by atoms with Gasteiger partial charge in [0.25, 0.3) is 0 Å². The second kappa shape index (κ2) is 6.41. The van der Waals surface area contributed by atoms with Crippen LogP contribution < -0.4 is 5.32 Å². The molecular formula is C16H22N2. The molecule has 0 bridgehead atoms. The topological polar surface area (TPSA) is 17.0 Å². The lowest BCUT2D eigenvalue weighted by Gasteiger charge is -2.10. The molecule has 1 N–H and O–H groups in total. The van der Waals surface area contributed by atoms with E-state index in [-0.39, 0.29) is 0 Å². The van der Waals surface area contributed by atoms with Gasteiger partial charge in [-0.05, 0) is 36.6 Å². The van der Waals surface area contributed by atoms with Crippen molar-refractivity contribution < 1.29 is 0 Å². The van der Waals surface area contributed by atoms with Crippen LogP contribution in [0.3, 0.4) is 0 Å². The fourth-order valence-corrected chi connectivity index (χ4v) is 2.20. The van der Waals surface area contributed by atoms with Crippen molar-refractivity contribution in [1.82, 2.24) is 9.88 Å². The third-order valence-corrected chi connectivity index (χ3v) is 3.27. The summed E-state index contributed by atoms with van der Waals surface area (Å²) in [5, 5.41) is 3.52. The Morgan fingerprint density at radius 1 is 1.06 bits per heavy atom. The quantitative estimate of drug-likeness (QED) is 0.820. The van der Waals surface area contributed by atoms with Crippen LogP contribution in [0.25, 0.3) is 0 Å². The highest BCUT2D eigenvalue weighted by Gasteiger charge is 2.00. The Labute approximate surface area is 110 Å². The van der Waals surface area contributed by atoms with Crippen molar-refractivity contribution in [2.24, 2.45) is 0 Å². The first-order valence-electron chi connectivity index (χ1n) is 6.70. The van der Waals surface area contributed by atoms with Crippen LogP contribution in [0.2, 0.25) is 0 Å². The lowest BCUT2D eigenvalue weighted by molar-refractivity contribution is 0.601. The largest absolute Gasteiger partial charge is 0.350 e. The van der Waals surface area contributed by atoms with Crippen LogP contribution in [0.5, 0.6) is 0 Å². The molecule has 2 aromatic rings. The van der Waals surface area contributed by atoms with Gasteiger partial charge < -0.3 is 9.88 Å². The molecule has 0 saturated heterocycles. The number of rotatable bonds is 6. The fraction of sp³-hybridized carbons (Fsp3) is 0.375. The summed E-state index contributed by atoms with van der Waals surface area (Å²) in [6.07, 6.45) is 3.34. The van der Waals surface area contributed by atoms with Gasteiger partial charge in [-0.25, -0.2) is 0 Å². The molecule has 0 atom stereocenters. The number of nitrogens with one attached hydrogen (secondary N) is 1. The van der Waals surface area contributed by atoms with Gasteiger partial charge in [0, 0.05) is 31.5 Å². The molecule has 0 aliphatic carbocycles. The molecule has 1 heterocycles. The number of benzene rings is 1. The van der Waals surface area contributed by atoms with E-state index in [9.17, 15) is 0 Å². The first-order chi connectivity index (χ1) is 8.81. The van der Waals surface area contributed by atoms with Crippen LogP contribution in [-0.4, -0.2) is 4.57 Å². The molecule has 0 saturated carbocycles. The van der Waals surface area contributed by atoms with Crippen molar-refractivity contribution in [3.05, 3.63) is 59.4 Å². The molecular weight excluding hydrogens is 220 g/mol. The van der Waals surface area contributed by atoms with Crippen molar-refractivity contribution in [2.45, 2.75) is 39.9 Å². The van der Waals surface area contributed by atoms with E-state index in [0.717, 1.165) is 19.6 Å². The van der Waals surface area contributed by atoms with E-state index in [1.54, 1.807) is 0 Å². The maximum atomic E-state index is 3.52. The first-order valence-corrected chi connectivity index (χ1v) is 6.70. The van der Waals surface area contributed by atoms with Crippen LogP contribution in [-0.2, 0) is 19.6 Å². The van der Waals surface area contributed by atoms with E-state index in [1.165, 1.54) is 23.2 Å². The molecule has 18 heavy (non-hydrogen) atoms. The minimum absolute atomic E-state index is 0.932. The van der Waals surface area contributed by atoms with Gasteiger partial charge in [-0.2, -0.15) is 0 Å². The summed E-state index contributed by atoms with van der Waals surface area (Å²) in [6.45, 7) is 7.35. The molecule has 1 aromatic carbocycles. The average molecular weight is 242 g/mol. The number of aryl methyl sites for hydroxylation is 2. The van der Waals surface area contributed by atoms with Gasteiger partial charge in [-0.3, -0.25) is 0 Å². The van der Waals surface area contributed by atoms with E-state index in [2.05, 4.69) is 66.3 Å². The molecule has 0 amide bonds. The third kappa shape index (κ3) is 3.23. The first kappa shape index (κ1) is 12.9. The van der Waals surface area contributed by atoms with Crippen molar-refractivity contribution >= 4 is 0 Å². The molecule has 0 fully saturated rings. The highest BCUT2D eigenvalue weighted by atomic mass is 15.0. The van der Waals surface area contributed by atoms with Gasteiger partial charge in [0.05, 0.1) is 0 Å². The molecule has 2 nitrogen and oxygen atoms in total. The summed E-state index contributed by atoms with van der Waals surface area (Å²) in [5.74, 6) is 0. The monoisotopic (exact) mass is 242 g/mol. The van der Waals surface area contributed by atoms with E-state index in [0.29, 0.717) is 0 Å². The van der Waals surface area contributed by atoms with Gasteiger partial charge in [-0.15, -0.1) is 0 Å². The molecule has 96 valence electrons. The fourth-order valence-electron chi connectivity index (χ4n) is 2.20. The normalized spacial score (nSPS) is 10.8. The summed E-state index contributed by atoms with van der Waals surface area (Å²) in [7, 11) is 0. The zero-order valence-corrected chi connectivity index (χ0v) is 11.3. The van der Waals surface area contributed by atoms with Crippen molar-refractivity contribution in [1.29, 1.82) is 0 Å². The lowest BCUT2D eigenvalue weighted by Crippen LogP contribution is -2.16. The zero-order valence-electron chi connectivity index (χ0n) is 11.3. The predicted octanol–water partition coefficient (Wildman–Crippen LogP) is 3.50. The van der Waals surface area contributed by atoms with Gasteiger partial charge in [0.1, 0.15) is 0 Å². The van der Waals surface area contributed by atoms with Crippen molar-refractivity contribution in [3.8, 4) is 0 Å². The molecule has 2 heteroatoms. The number of hydrogen-bond donors (Lipinski definition) is 1. The van der Waals surface area contributed by atoms with Crippen LogP contribution >= 0.6 is 0 Å². The van der Waals surface area contributed by atoms with Crippen LogP contribution in [0.15, 0.2) is 42.6 Å². The zero-order chi connectivity index (χ0) is 12.8. The molecule has 0 aliphatic heterocycles. The molecule has 0 aliphatic rings. The summed E-state index contributed by atoms with van der Waals surface area (Å²) < 4.78 is 2.32. The summed E-state index contributed by atoms with van der Waals surface area (Å²) in [4.78, 5) is 0. The molecule has 0 unspecified atom stereocenters. The van der Waals surface area contributed by atoms with Crippen LogP contribution in [0, 0.1) is 6.92 Å². The Morgan fingerprint density at radius 3 is 2.67 bits per heavy atom.